The van der Waals surface area contributed by atoms with Gasteiger partial charge >= 0.3 is 5.97 Å². The van der Waals surface area contributed by atoms with Crippen LogP contribution in [0.4, 0.5) is 0 Å². The van der Waals surface area contributed by atoms with Crippen molar-refractivity contribution in [1.82, 2.24) is 14.7 Å². The average molecular weight is 340 g/mol. The van der Waals surface area contributed by atoms with Crippen LogP contribution in [0.1, 0.15) is 43.4 Å². The highest BCUT2D eigenvalue weighted by atomic mass is 35.5. The van der Waals surface area contributed by atoms with Crippen molar-refractivity contribution in [3.8, 4) is 0 Å². The van der Waals surface area contributed by atoms with Gasteiger partial charge in [0, 0.05) is 37.7 Å². The van der Waals surface area contributed by atoms with Gasteiger partial charge < -0.3 is 10.0 Å². The molecule has 0 bridgehead atoms. The van der Waals surface area contributed by atoms with Gasteiger partial charge in [0.1, 0.15) is 5.15 Å². The molecule has 23 heavy (non-hydrogen) atoms. The molecule has 1 atom stereocenters. The summed E-state index contributed by atoms with van der Waals surface area (Å²) in [6, 6.07) is 0.00228. The molecule has 1 saturated heterocycles. The lowest BCUT2D eigenvalue weighted by Gasteiger charge is -2.35. The van der Waals surface area contributed by atoms with Crippen LogP contribution in [-0.2, 0) is 16.6 Å². The van der Waals surface area contributed by atoms with Crippen molar-refractivity contribution in [2.45, 2.75) is 45.1 Å². The summed E-state index contributed by atoms with van der Waals surface area (Å²) in [4.78, 5) is 25.0. The number of aryl methyl sites for hydroxylation is 2. The number of halogens is 1. The smallest absolute Gasteiger partial charge is 0.303 e. The number of likely N-dealkylation sites (tertiary alicyclic amines) is 1. The monoisotopic (exact) mass is 339 g/mol. The lowest BCUT2D eigenvalue weighted by molar-refractivity contribution is -0.138. The maximum absolute atomic E-state index is 12.5. The fraction of sp³-hybridized carbons (Fsp3) is 0.562. The van der Waals surface area contributed by atoms with E-state index < -0.39 is 5.97 Å². The van der Waals surface area contributed by atoms with E-state index in [1.165, 1.54) is 6.08 Å². The number of aromatic nitrogens is 2. The Hall–Kier alpha value is -1.82. The minimum Gasteiger partial charge on any atom is -0.481 e. The highest BCUT2D eigenvalue weighted by Crippen LogP contribution is 2.23. The van der Waals surface area contributed by atoms with Crippen molar-refractivity contribution in [2.75, 3.05) is 6.54 Å². The summed E-state index contributed by atoms with van der Waals surface area (Å²) in [7, 11) is 1.75. The molecule has 7 heteroatoms. The van der Waals surface area contributed by atoms with Gasteiger partial charge in [-0.05, 0) is 38.7 Å². The number of carbonyl (C=O) groups is 2. The third-order valence-electron chi connectivity index (χ3n) is 4.19. The summed E-state index contributed by atoms with van der Waals surface area (Å²) >= 11 is 6.16. The normalized spacial score (nSPS) is 18.6. The Kier molecular flexibility index (Phi) is 5.82. The number of carbonyl (C=O) groups excluding carboxylic acids is 1. The second kappa shape index (κ2) is 7.64. The van der Waals surface area contributed by atoms with E-state index in [0.717, 1.165) is 30.5 Å². The first-order chi connectivity index (χ1) is 10.9. The van der Waals surface area contributed by atoms with Gasteiger partial charge in [-0.1, -0.05) is 11.6 Å². The Labute approximate surface area is 140 Å². The quantitative estimate of drug-likeness (QED) is 0.837. The maximum Gasteiger partial charge on any atom is 0.303 e. The molecule has 1 N–H and O–H groups in total. The van der Waals surface area contributed by atoms with Crippen molar-refractivity contribution < 1.29 is 14.7 Å². The zero-order chi connectivity index (χ0) is 17.0. The number of carboxylic acid groups (broad SMARTS) is 1. The number of carboxylic acids is 1. The molecule has 2 rings (SSSR count). The molecule has 1 aliphatic rings. The van der Waals surface area contributed by atoms with E-state index in [4.69, 9.17) is 16.7 Å². The van der Waals surface area contributed by atoms with E-state index in [2.05, 4.69) is 5.10 Å². The Morgan fingerprint density at radius 1 is 1.43 bits per heavy atom. The molecular weight excluding hydrogens is 318 g/mol. The van der Waals surface area contributed by atoms with Crippen LogP contribution in [-0.4, -0.2) is 44.3 Å². The van der Waals surface area contributed by atoms with E-state index in [-0.39, 0.29) is 18.4 Å². The van der Waals surface area contributed by atoms with Crippen molar-refractivity contribution in [3.05, 3.63) is 22.5 Å². The predicted molar refractivity (Wildman–Crippen MR) is 88.2 cm³/mol. The molecule has 0 radical (unpaired) electrons. The van der Waals surface area contributed by atoms with E-state index in [1.807, 2.05) is 6.92 Å². The van der Waals surface area contributed by atoms with Crippen LogP contribution >= 0.6 is 11.6 Å². The molecule has 1 unspecified atom stereocenters. The van der Waals surface area contributed by atoms with Gasteiger partial charge in [-0.3, -0.25) is 14.3 Å². The summed E-state index contributed by atoms with van der Waals surface area (Å²) < 4.78 is 1.57. The Bertz CT molecular complexity index is 624. The molecule has 0 aromatic carbocycles. The number of piperidine rings is 1. The van der Waals surface area contributed by atoms with Crippen molar-refractivity contribution in [1.29, 1.82) is 0 Å². The van der Waals surface area contributed by atoms with Crippen LogP contribution in [0.3, 0.4) is 0 Å². The Balaban J connectivity index is 2.07. The van der Waals surface area contributed by atoms with Gasteiger partial charge in [0.05, 0.1) is 5.69 Å². The van der Waals surface area contributed by atoms with Crippen molar-refractivity contribution in [2.24, 2.45) is 7.05 Å². The summed E-state index contributed by atoms with van der Waals surface area (Å²) in [5.41, 5.74) is 1.50. The summed E-state index contributed by atoms with van der Waals surface area (Å²) in [5, 5.41) is 13.5. The molecule has 1 aliphatic heterocycles. The van der Waals surface area contributed by atoms with Gasteiger partial charge in [-0.25, -0.2) is 0 Å². The second-order valence-electron chi connectivity index (χ2n) is 5.86. The number of amides is 1. The molecule has 2 heterocycles. The average Bonchev–Trinajstić information content (AvgIpc) is 2.76. The topological polar surface area (TPSA) is 75.4 Å². The number of nitrogens with zero attached hydrogens (tertiary/aromatic N) is 3. The zero-order valence-electron chi connectivity index (χ0n) is 13.5. The van der Waals surface area contributed by atoms with Crippen LogP contribution in [0.5, 0.6) is 0 Å². The van der Waals surface area contributed by atoms with Crippen LogP contribution in [0.15, 0.2) is 6.08 Å². The molecule has 126 valence electrons. The van der Waals surface area contributed by atoms with Gasteiger partial charge in [-0.2, -0.15) is 5.10 Å². The van der Waals surface area contributed by atoms with Gasteiger partial charge in [0.15, 0.2) is 0 Å². The Morgan fingerprint density at radius 3 is 2.78 bits per heavy atom. The SMILES string of the molecule is Cc1nn(C)c(Cl)c1C=CC(=O)N1CCCCC1CCC(=O)O. The predicted octanol–water partition coefficient (Wildman–Crippen LogP) is 2.64. The highest BCUT2D eigenvalue weighted by Gasteiger charge is 2.25. The first-order valence-electron chi connectivity index (χ1n) is 7.79. The van der Waals surface area contributed by atoms with Crippen LogP contribution in [0, 0.1) is 6.92 Å². The van der Waals surface area contributed by atoms with E-state index >= 15 is 0 Å². The molecule has 6 nitrogen and oxygen atoms in total. The first-order valence-corrected chi connectivity index (χ1v) is 8.17. The molecule has 1 fully saturated rings. The van der Waals surface area contributed by atoms with Crippen molar-refractivity contribution >= 4 is 29.6 Å². The summed E-state index contributed by atoms with van der Waals surface area (Å²) in [5.74, 6) is -0.921. The second-order valence-corrected chi connectivity index (χ2v) is 6.22. The third kappa shape index (κ3) is 4.34. The van der Waals surface area contributed by atoms with E-state index in [1.54, 1.807) is 22.7 Å². The minimum atomic E-state index is -0.823. The number of aliphatic carboxylic acids is 1. The van der Waals surface area contributed by atoms with E-state index in [9.17, 15) is 9.59 Å². The highest BCUT2D eigenvalue weighted by molar-refractivity contribution is 6.31. The number of hydrogen-bond donors (Lipinski definition) is 1. The van der Waals surface area contributed by atoms with Gasteiger partial charge in [-0.15, -0.1) is 0 Å². The standard InChI is InChI=1S/C16H22ClN3O3/c1-11-13(16(17)19(2)18-11)7-8-14(21)20-10-4-3-5-12(20)6-9-15(22)23/h7-8,12H,3-6,9-10H2,1-2H3,(H,22,23). The molecule has 0 aliphatic carbocycles. The molecule has 1 aromatic heterocycles. The lowest BCUT2D eigenvalue weighted by Crippen LogP contribution is -2.43. The summed E-state index contributed by atoms with van der Waals surface area (Å²) in [6.45, 7) is 2.51. The largest absolute Gasteiger partial charge is 0.481 e. The summed E-state index contributed by atoms with van der Waals surface area (Å²) in [6.07, 6.45) is 6.64. The van der Waals surface area contributed by atoms with Crippen LogP contribution < -0.4 is 0 Å². The first kappa shape index (κ1) is 17.5. The molecular formula is C16H22ClN3O3. The van der Waals surface area contributed by atoms with Gasteiger partial charge in [0.2, 0.25) is 5.91 Å². The molecule has 0 saturated carbocycles. The maximum atomic E-state index is 12.5. The van der Waals surface area contributed by atoms with Crippen LogP contribution in [0.2, 0.25) is 5.15 Å². The molecule has 0 spiro atoms. The zero-order valence-corrected chi connectivity index (χ0v) is 14.2. The molecule has 1 aromatic rings. The van der Waals surface area contributed by atoms with Crippen molar-refractivity contribution in [3.63, 3.8) is 0 Å². The lowest BCUT2D eigenvalue weighted by atomic mass is 9.97. The number of hydrogen-bond acceptors (Lipinski definition) is 3. The fourth-order valence-electron chi connectivity index (χ4n) is 2.97. The third-order valence-corrected chi connectivity index (χ3v) is 4.64. The van der Waals surface area contributed by atoms with Gasteiger partial charge in [0.25, 0.3) is 0 Å². The van der Waals surface area contributed by atoms with E-state index in [0.29, 0.717) is 18.1 Å². The van der Waals surface area contributed by atoms with Crippen LogP contribution in [0.25, 0.3) is 6.08 Å². The Morgan fingerprint density at radius 2 is 2.17 bits per heavy atom. The number of rotatable bonds is 5. The fourth-order valence-corrected chi connectivity index (χ4v) is 3.20. The minimum absolute atomic E-state index is 0.00228. The molecule has 1 amide bonds.